The van der Waals surface area contributed by atoms with Gasteiger partial charge in [0.1, 0.15) is 0 Å². The Bertz CT molecular complexity index is 216. The summed E-state index contributed by atoms with van der Waals surface area (Å²) >= 11 is 0. The molecule has 0 saturated carbocycles. The van der Waals surface area contributed by atoms with E-state index in [0.29, 0.717) is 5.16 Å². The molecule has 0 rings (SSSR count). The summed E-state index contributed by atoms with van der Waals surface area (Å²) in [5, 5.41) is 0.449. The van der Waals surface area contributed by atoms with Crippen molar-refractivity contribution in [3.05, 3.63) is 0 Å². The lowest BCUT2D eigenvalue weighted by molar-refractivity contribution is 0.185. The van der Waals surface area contributed by atoms with Crippen molar-refractivity contribution in [1.29, 1.82) is 0 Å². The maximum Gasteiger partial charge on any atom is 0.337 e. The predicted octanol–water partition coefficient (Wildman–Crippen LogP) is 3.27. The van der Waals surface area contributed by atoms with Gasteiger partial charge < -0.3 is 13.0 Å². The SMILES string of the molecule is CCO[Si](C)(OCC)C(C)[Si](C)(C)O[SiH](C)C. The zero-order valence-electron chi connectivity index (χ0n) is 12.8. The Morgan fingerprint density at radius 3 is 1.71 bits per heavy atom. The third-order valence-corrected chi connectivity index (χ3v) is 16.6. The van der Waals surface area contributed by atoms with Crippen LogP contribution in [0.4, 0.5) is 0 Å². The molecule has 0 radical (unpaired) electrons. The molecule has 0 aromatic carbocycles. The Labute approximate surface area is 111 Å². The van der Waals surface area contributed by atoms with Gasteiger partial charge in [0, 0.05) is 18.4 Å². The summed E-state index contributed by atoms with van der Waals surface area (Å²) in [7, 11) is -4.79. The summed E-state index contributed by atoms with van der Waals surface area (Å²) in [5.74, 6) is 0. The minimum absolute atomic E-state index is 0.449. The van der Waals surface area contributed by atoms with Crippen molar-refractivity contribution in [2.24, 2.45) is 0 Å². The van der Waals surface area contributed by atoms with Crippen molar-refractivity contribution < 1.29 is 13.0 Å². The summed E-state index contributed by atoms with van der Waals surface area (Å²) in [4.78, 5) is 0. The van der Waals surface area contributed by atoms with Gasteiger partial charge in [0.15, 0.2) is 17.4 Å². The van der Waals surface area contributed by atoms with Gasteiger partial charge in [0.2, 0.25) is 0 Å². The summed E-state index contributed by atoms with van der Waals surface area (Å²) < 4.78 is 18.3. The smallest absolute Gasteiger partial charge is 0.337 e. The van der Waals surface area contributed by atoms with Crippen molar-refractivity contribution in [3.63, 3.8) is 0 Å². The second kappa shape index (κ2) is 7.20. The van der Waals surface area contributed by atoms with Crippen molar-refractivity contribution in [1.82, 2.24) is 0 Å². The molecule has 0 heterocycles. The highest BCUT2D eigenvalue weighted by Crippen LogP contribution is 2.34. The van der Waals surface area contributed by atoms with Gasteiger partial charge in [-0.25, -0.2) is 0 Å². The lowest BCUT2D eigenvalue weighted by atomic mass is 10.9. The van der Waals surface area contributed by atoms with Crippen LogP contribution in [0.3, 0.4) is 0 Å². The largest absolute Gasteiger partial charge is 0.458 e. The van der Waals surface area contributed by atoms with E-state index < -0.39 is 25.9 Å². The highest BCUT2D eigenvalue weighted by atomic mass is 28.4. The van der Waals surface area contributed by atoms with Gasteiger partial charge in [-0.15, -0.1) is 0 Å². The molecular weight excluding hydrogens is 264 g/mol. The predicted molar refractivity (Wildman–Crippen MR) is 81.7 cm³/mol. The van der Waals surface area contributed by atoms with E-state index in [9.17, 15) is 0 Å². The number of hydrogen-bond donors (Lipinski definition) is 0. The van der Waals surface area contributed by atoms with E-state index in [1.54, 1.807) is 0 Å². The molecule has 0 aromatic heterocycles. The van der Waals surface area contributed by atoms with Gasteiger partial charge >= 0.3 is 8.56 Å². The minimum Gasteiger partial charge on any atom is -0.458 e. The van der Waals surface area contributed by atoms with Gasteiger partial charge in [-0.3, -0.25) is 0 Å². The first kappa shape index (κ1) is 17.5. The summed E-state index contributed by atoms with van der Waals surface area (Å²) in [6.07, 6.45) is 0. The zero-order valence-corrected chi connectivity index (χ0v) is 15.9. The lowest BCUT2D eigenvalue weighted by Crippen LogP contribution is -2.55. The molecule has 0 saturated heterocycles. The second-order valence-electron chi connectivity index (χ2n) is 5.37. The number of hydrogen-bond acceptors (Lipinski definition) is 3. The van der Waals surface area contributed by atoms with Crippen molar-refractivity contribution in [2.75, 3.05) is 13.2 Å². The molecular formula is C11H30O3Si3. The Kier molecular flexibility index (Phi) is 7.43. The summed E-state index contributed by atoms with van der Waals surface area (Å²) in [6, 6.07) is 0. The average Bonchev–Trinajstić information content (AvgIpc) is 2.15. The Morgan fingerprint density at radius 2 is 1.41 bits per heavy atom. The molecule has 104 valence electrons. The molecule has 0 aliphatic rings. The van der Waals surface area contributed by atoms with Crippen LogP contribution in [0.15, 0.2) is 0 Å². The maximum absolute atomic E-state index is 6.29. The topological polar surface area (TPSA) is 27.7 Å². The van der Waals surface area contributed by atoms with Crippen LogP contribution in [0.25, 0.3) is 0 Å². The maximum atomic E-state index is 6.29. The Hall–Kier alpha value is 0.531. The minimum atomic E-state index is -2.10. The first-order valence-electron chi connectivity index (χ1n) is 6.65. The molecule has 6 heteroatoms. The van der Waals surface area contributed by atoms with Gasteiger partial charge in [-0.05, 0) is 46.6 Å². The summed E-state index contributed by atoms with van der Waals surface area (Å²) in [5.41, 5.74) is 0. The molecule has 0 spiro atoms. The molecule has 3 nitrogen and oxygen atoms in total. The highest BCUT2D eigenvalue weighted by molar-refractivity contribution is 6.92. The van der Waals surface area contributed by atoms with Crippen LogP contribution in [0, 0.1) is 0 Å². The molecule has 0 bridgehead atoms. The van der Waals surface area contributed by atoms with Crippen LogP contribution >= 0.6 is 0 Å². The third kappa shape index (κ3) is 5.35. The van der Waals surface area contributed by atoms with Crippen molar-refractivity contribution in [2.45, 2.75) is 58.7 Å². The van der Waals surface area contributed by atoms with Crippen molar-refractivity contribution >= 4 is 25.9 Å². The van der Waals surface area contributed by atoms with Gasteiger partial charge in [0.25, 0.3) is 0 Å². The molecule has 0 amide bonds. The fraction of sp³-hybridized carbons (Fsp3) is 1.00. The second-order valence-corrected chi connectivity index (χ2v) is 16.5. The molecule has 0 aliphatic heterocycles. The molecule has 17 heavy (non-hydrogen) atoms. The van der Waals surface area contributed by atoms with E-state index >= 15 is 0 Å². The van der Waals surface area contributed by atoms with E-state index in [-0.39, 0.29) is 0 Å². The van der Waals surface area contributed by atoms with E-state index in [1.165, 1.54) is 0 Å². The molecule has 0 aliphatic carbocycles. The van der Waals surface area contributed by atoms with Crippen LogP contribution < -0.4 is 0 Å². The Balaban J connectivity index is 4.86. The van der Waals surface area contributed by atoms with Crippen molar-refractivity contribution in [3.8, 4) is 0 Å². The molecule has 1 atom stereocenters. The van der Waals surface area contributed by atoms with E-state index in [2.05, 4.69) is 39.7 Å². The first-order valence-corrected chi connectivity index (χ1v) is 14.8. The average molecular weight is 295 g/mol. The van der Waals surface area contributed by atoms with E-state index in [1.807, 2.05) is 13.8 Å². The lowest BCUT2D eigenvalue weighted by Gasteiger charge is -2.40. The Morgan fingerprint density at radius 1 is 1.00 bits per heavy atom. The first-order chi connectivity index (χ1) is 7.69. The van der Waals surface area contributed by atoms with Crippen LogP contribution in [-0.4, -0.2) is 39.1 Å². The molecule has 0 N–H and O–H groups in total. The number of rotatable bonds is 8. The van der Waals surface area contributed by atoms with E-state index in [4.69, 9.17) is 13.0 Å². The van der Waals surface area contributed by atoms with Gasteiger partial charge in [0.05, 0.1) is 0 Å². The zero-order chi connectivity index (χ0) is 13.7. The molecule has 0 aromatic rings. The standard InChI is InChI=1S/C11H30O3Si3/c1-9-12-17(8,13-10-2)11(3)16(6,7)14-15(4)5/h11,15H,9-10H2,1-8H3. The quantitative estimate of drug-likeness (QED) is 0.643. The molecule has 0 fully saturated rings. The van der Waals surface area contributed by atoms with E-state index in [0.717, 1.165) is 13.2 Å². The van der Waals surface area contributed by atoms with Gasteiger partial charge in [-0.2, -0.15) is 0 Å². The summed E-state index contributed by atoms with van der Waals surface area (Å²) in [6.45, 7) is 19.1. The van der Waals surface area contributed by atoms with Gasteiger partial charge in [-0.1, -0.05) is 6.92 Å². The van der Waals surface area contributed by atoms with Crippen LogP contribution in [0.2, 0.25) is 37.9 Å². The fourth-order valence-electron chi connectivity index (χ4n) is 2.21. The third-order valence-electron chi connectivity index (χ3n) is 3.23. The monoisotopic (exact) mass is 294 g/mol. The highest BCUT2D eigenvalue weighted by Gasteiger charge is 2.48. The van der Waals surface area contributed by atoms with Crippen LogP contribution in [0.5, 0.6) is 0 Å². The fourth-order valence-corrected chi connectivity index (χ4v) is 15.8. The normalized spacial score (nSPS) is 15.4. The molecule has 1 unspecified atom stereocenters. The van der Waals surface area contributed by atoms with Crippen LogP contribution in [-0.2, 0) is 13.0 Å². The van der Waals surface area contributed by atoms with Crippen LogP contribution in [0.1, 0.15) is 20.8 Å².